The second kappa shape index (κ2) is 7.93. The third-order valence-corrected chi connectivity index (χ3v) is 5.03. The molecular formula is C19H28N2O2. The molecule has 1 saturated carbocycles. The van der Waals surface area contributed by atoms with E-state index in [1.807, 2.05) is 6.07 Å². The second-order valence-corrected chi connectivity index (χ2v) is 7.26. The average molecular weight is 316 g/mol. The molecule has 4 nitrogen and oxygen atoms in total. The highest BCUT2D eigenvalue weighted by atomic mass is 16.4. The Morgan fingerprint density at radius 3 is 2.65 bits per heavy atom. The minimum atomic E-state index is -0.668. The molecule has 0 radical (unpaired) electrons. The van der Waals surface area contributed by atoms with Crippen LogP contribution in [0.1, 0.15) is 37.7 Å². The van der Waals surface area contributed by atoms with E-state index in [1.54, 1.807) is 0 Å². The van der Waals surface area contributed by atoms with E-state index in [-0.39, 0.29) is 0 Å². The molecule has 3 rings (SSSR count). The number of rotatable bonds is 8. The van der Waals surface area contributed by atoms with Gasteiger partial charge in [0.25, 0.3) is 0 Å². The van der Waals surface area contributed by atoms with E-state index in [2.05, 4.69) is 34.5 Å². The van der Waals surface area contributed by atoms with Crippen LogP contribution in [0.5, 0.6) is 0 Å². The van der Waals surface area contributed by atoms with Gasteiger partial charge in [-0.2, -0.15) is 0 Å². The van der Waals surface area contributed by atoms with Gasteiger partial charge in [-0.3, -0.25) is 4.79 Å². The fourth-order valence-electron chi connectivity index (χ4n) is 3.66. The van der Waals surface area contributed by atoms with Crippen LogP contribution in [0.4, 0.5) is 0 Å². The molecule has 1 saturated heterocycles. The molecular weight excluding hydrogens is 288 g/mol. The summed E-state index contributed by atoms with van der Waals surface area (Å²) < 4.78 is 0. The molecule has 0 aromatic heterocycles. The summed E-state index contributed by atoms with van der Waals surface area (Å²) >= 11 is 0. The summed E-state index contributed by atoms with van der Waals surface area (Å²) in [5, 5.41) is 12.6. The highest BCUT2D eigenvalue weighted by Crippen LogP contribution is 2.32. The molecule has 1 aromatic rings. The van der Waals surface area contributed by atoms with Crippen LogP contribution in [0.3, 0.4) is 0 Å². The zero-order chi connectivity index (χ0) is 16.1. The van der Waals surface area contributed by atoms with Gasteiger partial charge in [-0.25, -0.2) is 0 Å². The molecule has 2 unspecified atom stereocenters. The van der Waals surface area contributed by atoms with Gasteiger partial charge in [0, 0.05) is 38.6 Å². The van der Waals surface area contributed by atoms with E-state index in [9.17, 15) is 4.79 Å². The van der Waals surface area contributed by atoms with E-state index in [0.29, 0.717) is 18.4 Å². The van der Waals surface area contributed by atoms with Gasteiger partial charge in [0.2, 0.25) is 0 Å². The third-order valence-electron chi connectivity index (χ3n) is 5.03. The summed E-state index contributed by atoms with van der Waals surface area (Å²) in [5.41, 5.74) is 1.31. The lowest BCUT2D eigenvalue weighted by atomic mass is 9.90. The number of aliphatic carboxylic acids is 1. The van der Waals surface area contributed by atoms with Gasteiger partial charge in [0.1, 0.15) is 0 Å². The number of hydrogen-bond acceptors (Lipinski definition) is 3. The molecule has 0 amide bonds. The van der Waals surface area contributed by atoms with Crippen LogP contribution in [-0.2, 0) is 11.3 Å². The predicted molar refractivity (Wildman–Crippen MR) is 91.2 cm³/mol. The highest BCUT2D eigenvalue weighted by Gasteiger charge is 2.31. The summed E-state index contributed by atoms with van der Waals surface area (Å²) in [6.45, 7) is 4.28. The van der Waals surface area contributed by atoms with Gasteiger partial charge < -0.3 is 15.3 Å². The van der Waals surface area contributed by atoms with Gasteiger partial charge >= 0.3 is 5.97 Å². The van der Waals surface area contributed by atoms with Crippen LogP contribution >= 0.6 is 0 Å². The molecule has 1 aliphatic heterocycles. The van der Waals surface area contributed by atoms with Crippen LogP contribution in [-0.4, -0.2) is 41.7 Å². The van der Waals surface area contributed by atoms with Gasteiger partial charge in [0.15, 0.2) is 0 Å². The number of nitrogens with zero attached hydrogens (tertiary/aromatic N) is 1. The Labute approximate surface area is 138 Å². The van der Waals surface area contributed by atoms with Crippen molar-refractivity contribution in [3.8, 4) is 0 Å². The average Bonchev–Trinajstić information content (AvgIpc) is 3.36. The number of benzene rings is 1. The van der Waals surface area contributed by atoms with Crippen LogP contribution < -0.4 is 5.32 Å². The molecule has 0 spiro atoms. The van der Waals surface area contributed by atoms with Gasteiger partial charge in [-0.1, -0.05) is 30.3 Å². The van der Waals surface area contributed by atoms with Gasteiger partial charge in [0.05, 0.1) is 0 Å². The maximum Gasteiger partial charge on any atom is 0.303 e. The molecule has 126 valence electrons. The molecule has 0 bridgehead atoms. The monoisotopic (exact) mass is 316 g/mol. The Morgan fingerprint density at radius 1 is 1.17 bits per heavy atom. The molecule has 1 heterocycles. The van der Waals surface area contributed by atoms with Crippen LogP contribution in [0, 0.1) is 11.8 Å². The zero-order valence-corrected chi connectivity index (χ0v) is 13.8. The van der Waals surface area contributed by atoms with E-state index in [4.69, 9.17) is 5.11 Å². The third kappa shape index (κ3) is 5.63. The van der Waals surface area contributed by atoms with Crippen molar-refractivity contribution in [2.45, 2.75) is 44.7 Å². The fourth-order valence-corrected chi connectivity index (χ4v) is 3.66. The molecule has 2 atom stereocenters. The smallest absolute Gasteiger partial charge is 0.303 e. The summed E-state index contributed by atoms with van der Waals surface area (Å²) in [6.07, 6.45) is 4.95. The predicted octanol–water partition coefficient (Wildman–Crippen LogP) is 2.74. The maximum atomic E-state index is 10.9. The number of carbonyl (C=O) groups is 1. The molecule has 2 aliphatic rings. The van der Waals surface area contributed by atoms with Crippen molar-refractivity contribution in [2.75, 3.05) is 19.6 Å². The van der Waals surface area contributed by atoms with Crippen molar-refractivity contribution >= 4 is 5.97 Å². The van der Waals surface area contributed by atoms with E-state index < -0.39 is 5.97 Å². The van der Waals surface area contributed by atoms with Crippen LogP contribution in [0.15, 0.2) is 30.3 Å². The largest absolute Gasteiger partial charge is 0.481 e. The van der Waals surface area contributed by atoms with Gasteiger partial charge in [-0.15, -0.1) is 0 Å². The number of nitrogens with one attached hydrogen (secondary N) is 1. The first kappa shape index (κ1) is 16.5. The molecule has 4 heteroatoms. The van der Waals surface area contributed by atoms with Crippen LogP contribution in [0.25, 0.3) is 0 Å². The topological polar surface area (TPSA) is 52.6 Å². The lowest BCUT2D eigenvalue weighted by Gasteiger charge is -2.38. The van der Waals surface area contributed by atoms with Crippen molar-refractivity contribution in [2.24, 2.45) is 11.8 Å². The summed E-state index contributed by atoms with van der Waals surface area (Å²) in [7, 11) is 0. The first-order chi connectivity index (χ1) is 11.2. The fraction of sp³-hybridized carbons (Fsp3) is 0.632. The lowest BCUT2D eigenvalue weighted by Crippen LogP contribution is -2.49. The van der Waals surface area contributed by atoms with Crippen molar-refractivity contribution < 1.29 is 9.90 Å². The SMILES string of the molecule is O=C(O)CCC1CC(NCc2ccccc2)CN(CC2CC2)C1. The Bertz CT molecular complexity index is 501. The summed E-state index contributed by atoms with van der Waals surface area (Å²) in [4.78, 5) is 13.4. The van der Waals surface area contributed by atoms with Crippen molar-refractivity contribution in [3.05, 3.63) is 35.9 Å². The lowest BCUT2D eigenvalue weighted by molar-refractivity contribution is -0.137. The summed E-state index contributed by atoms with van der Waals surface area (Å²) in [6, 6.07) is 11.0. The van der Waals surface area contributed by atoms with E-state index in [0.717, 1.165) is 38.4 Å². The Morgan fingerprint density at radius 2 is 1.96 bits per heavy atom. The Kier molecular flexibility index (Phi) is 5.68. The van der Waals surface area contributed by atoms with Crippen molar-refractivity contribution in [1.29, 1.82) is 0 Å². The van der Waals surface area contributed by atoms with Crippen molar-refractivity contribution in [1.82, 2.24) is 10.2 Å². The second-order valence-electron chi connectivity index (χ2n) is 7.26. The van der Waals surface area contributed by atoms with E-state index in [1.165, 1.54) is 24.9 Å². The zero-order valence-electron chi connectivity index (χ0n) is 13.8. The standard InChI is InChI=1S/C19H28N2O2/c22-19(23)9-8-17-10-18(14-21(13-17)12-16-6-7-16)20-11-15-4-2-1-3-5-15/h1-5,16-18,20H,6-14H2,(H,22,23). The van der Waals surface area contributed by atoms with Crippen LogP contribution in [0.2, 0.25) is 0 Å². The number of likely N-dealkylation sites (tertiary alicyclic amines) is 1. The minimum absolute atomic E-state index is 0.299. The number of carboxylic acids is 1. The number of piperidine rings is 1. The quantitative estimate of drug-likeness (QED) is 0.774. The first-order valence-electron chi connectivity index (χ1n) is 8.90. The molecule has 2 fully saturated rings. The highest BCUT2D eigenvalue weighted by molar-refractivity contribution is 5.66. The molecule has 23 heavy (non-hydrogen) atoms. The molecule has 2 N–H and O–H groups in total. The number of carboxylic acid groups (broad SMARTS) is 1. The Hall–Kier alpha value is -1.39. The molecule has 1 aromatic carbocycles. The van der Waals surface area contributed by atoms with Crippen molar-refractivity contribution in [3.63, 3.8) is 0 Å². The first-order valence-corrected chi connectivity index (χ1v) is 8.90. The molecule has 1 aliphatic carbocycles. The maximum absolute atomic E-state index is 10.9. The Balaban J connectivity index is 1.52. The minimum Gasteiger partial charge on any atom is -0.481 e. The summed E-state index contributed by atoms with van der Waals surface area (Å²) in [5.74, 6) is 0.730. The normalized spacial score (nSPS) is 25.4. The van der Waals surface area contributed by atoms with Gasteiger partial charge in [-0.05, 0) is 43.1 Å². The van der Waals surface area contributed by atoms with E-state index >= 15 is 0 Å². The number of hydrogen-bond donors (Lipinski definition) is 2.